The fraction of sp³-hybridized carbons (Fsp3) is 0.158. The Balaban J connectivity index is 1.61. The maximum absolute atomic E-state index is 11.9. The standard InChI is InChI=1S/C19H17ClN2O3/c1-14-17(19(20)22(21-14)15-8-4-2-5-9-15)12-25-18(23)13-24-16-10-6-3-7-11-16/h2-11H,12-13H2,1H3. The van der Waals surface area contributed by atoms with Gasteiger partial charge >= 0.3 is 5.97 Å². The molecule has 128 valence electrons. The predicted molar refractivity (Wildman–Crippen MR) is 95.0 cm³/mol. The highest BCUT2D eigenvalue weighted by Crippen LogP contribution is 2.24. The van der Waals surface area contributed by atoms with Crippen LogP contribution in [-0.4, -0.2) is 22.4 Å². The van der Waals surface area contributed by atoms with E-state index in [1.54, 1.807) is 16.8 Å². The lowest BCUT2D eigenvalue weighted by Gasteiger charge is -2.07. The van der Waals surface area contributed by atoms with E-state index >= 15 is 0 Å². The van der Waals surface area contributed by atoms with Crippen LogP contribution in [0.15, 0.2) is 60.7 Å². The SMILES string of the molecule is Cc1nn(-c2ccccc2)c(Cl)c1COC(=O)COc1ccccc1. The van der Waals surface area contributed by atoms with Gasteiger partial charge in [0.15, 0.2) is 6.61 Å². The molecule has 3 rings (SSSR count). The molecule has 1 aromatic heterocycles. The van der Waals surface area contributed by atoms with Crippen molar-refractivity contribution in [2.45, 2.75) is 13.5 Å². The summed E-state index contributed by atoms with van der Waals surface area (Å²) in [5, 5.41) is 4.85. The van der Waals surface area contributed by atoms with Crippen LogP contribution in [0.4, 0.5) is 0 Å². The summed E-state index contributed by atoms with van der Waals surface area (Å²) >= 11 is 6.40. The zero-order chi connectivity index (χ0) is 17.6. The van der Waals surface area contributed by atoms with Crippen molar-refractivity contribution in [1.29, 1.82) is 0 Å². The molecule has 0 saturated heterocycles. The molecule has 0 bridgehead atoms. The lowest BCUT2D eigenvalue weighted by atomic mass is 10.3. The van der Waals surface area contributed by atoms with Crippen molar-refractivity contribution in [3.05, 3.63) is 77.1 Å². The second-order valence-corrected chi connectivity index (χ2v) is 5.72. The van der Waals surface area contributed by atoms with Gasteiger partial charge in [0.2, 0.25) is 0 Å². The van der Waals surface area contributed by atoms with E-state index in [1.807, 2.05) is 55.5 Å². The summed E-state index contributed by atoms with van der Waals surface area (Å²) in [6.45, 7) is 1.72. The third-order valence-corrected chi connectivity index (χ3v) is 3.99. The van der Waals surface area contributed by atoms with Crippen molar-refractivity contribution in [1.82, 2.24) is 9.78 Å². The fourth-order valence-corrected chi connectivity index (χ4v) is 2.62. The summed E-state index contributed by atoms with van der Waals surface area (Å²) in [4.78, 5) is 11.9. The van der Waals surface area contributed by atoms with Gasteiger partial charge in [0, 0.05) is 5.56 Å². The van der Waals surface area contributed by atoms with Gasteiger partial charge in [0.25, 0.3) is 0 Å². The quantitative estimate of drug-likeness (QED) is 0.627. The Hall–Kier alpha value is -2.79. The predicted octanol–water partition coefficient (Wildman–Crippen LogP) is 3.96. The normalized spacial score (nSPS) is 10.5. The molecule has 0 spiro atoms. The molecule has 0 unspecified atom stereocenters. The van der Waals surface area contributed by atoms with E-state index in [2.05, 4.69) is 5.10 Å². The van der Waals surface area contributed by atoms with E-state index in [0.29, 0.717) is 22.2 Å². The Bertz CT molecular complexity index is 848. The average Bonchev–Trinajstić information content (AvgIpc) is 2.94. The van der Waals surface area contributed by atoms with Crippen molar-refractivity contribution in [3.63, 3.8) is 0 Å². The van der Waals surface area contributed by atoms with Crippen molar-refractivity contribution in [2.24, 2.45) is 0 Å². The number of rotatable bonds is 6. The Morgan fingerprint density at radius 2 is 1.72 bits per heavy atom. The van der Waals surface area contributed by atoms with Crippen LogP contribution < -0.4 is 4.74 Å². The minimum absolute atomic E-state index is 0.0501. The number of halogens is 1. The smallest absolute Gasteiger partial charge is 0.344 e. The first kappa shape index (κ1) is 17.0. The summed E-state index contributed by atoms with van der Waals surface area (Å²) in [5.74, 6) is 0.150. The number of carbonyl (C=O) groups is 1. The van der Waals surface area contributed by atoms with Crippen molar-refractivity contribution < 1.29 is 14.3 Å². The highest BCUT2D eigenvalue weighted by atomic mass is 35.5. The molecule has 5 nitrogen and oxygen atoms in total. The highest BCUT2D eigenvalue weighted by Gasteiger charge is 2.16. The van der Waals surface area contributed by atoms with Crippen LogP contribution >= 0.6 is 11.6 Å². The number of benzene rings is 2. The Morgan fingerprint density at radius 1 is 1.08 bits per heavy atom. The van der Waals surface area contributed by atoms with Gasteiger partial charge < -0.3 is 9.47 Å². The molecule has 2 aromatic carbocycles. The maximum atomic E-state index is 11.9. The van der Waals surface area contributed by atoms with Gasteiger partial charge in [-0.3, -0.25) is 0 Å². The van der Waals surface area contributed by atoms with E-state index in [1.165, 1.54) is 0 Å². The average molecular weight is 357 g/mol. The zero-order valence-electron chi connectivity index (χ0n) is 13.7. The molecule has 0 N–H and O–H groups in total. The number of aromatic nitrogens is 2. The lowest BCUT2D eigenvalue weighted by Crippen LogP contribution is -2.15. The van der Waals surface area contributed by atoms with Crippen molar-refractivity contribution >= 4 is 17.6 Å². The van der Waals surface area contributed by atoms with Crippen LogP contribution in [0.25, 0.3) is 5.69 Å². The van der Waals surface area contributed by atoms with E-state index in [-0.39, 0.29) is 13.2 Å². The first-order valence-corrected chi connectivity index (χ1v) is 8.16. The molecule has 0 amide bonds. The van der Waals surface area contributed by atoms with E-state index < -0.39 is 5.97 Å². The second kappa shape index (κ2) is 7.85. The van der Waals surface area contributed by atoms with Gasteiger partial charge in [-0.2, -0.15) is 5.10 Å². The van der Waals surface area contributed by atoms with Crippen LogP contribution in [0, 0.1) is 6.92 Å². The molecule has 0 fully saturated rings. The third kappa shape index (κ3) is 4.19. The molecule has 0 aliphatic heterocycles. The third-order valence-electron chi connectivity index (χ3n) is 3.60. The number of aryl methyl sites for hydroxylation is 1. The highest BCUT2D eigenvalue weighted by molar-refractivity contribution is 6.30. The molecule has 1 heterocycles. The molecule has 3 aromatic rings. The van der Waals surface area contributed by atoms with Gasteiger partial charge in [-0.15, -0.1) is 0 Å². The largest absolute Gasteiger partial charge is 0.482 e. The Kier molecular flexibility index (Phi) is 5.36. The van der Waals surface area contributed by atoms with Crippen LogP contribution in [0.2, 0.25) is 5.15 Å². The molecular weight excluding hydrogens is 340 g/mol. The zero-order valence-corrected chi connectivity index (χ0v) is 14.4. The minimum atomic E-state index is -0.466. The van der Waals surface area contributed by atoms with Crippen LogP contribution in [-0.2, 0) is 16.1 Å². The summed E-state index contributed by atoms with van der Waals surface area (Å²) in [5.41, 5.74) is 2.24. The van der Waals surface area contributed by atoms with E-state index in [4.69, 9.17) is 21.1 Å². The number of esters is 1. The van der Waals surface area contributed by atoms with Crippen LogP contribution in [0.1, 0.15) is 11.3 Å². The van der Waals surface area contributed by atoms with Crippen LogP contribution in [0.5, 0.6) is 5.75 Å². The molecule has 0 aliphatic carbocycles. The van der Waals surface area contributed by atoms with Crippen molar-refractivity contribution in [2.75, 3.05) is 6.61 Å². The molecule has 0 aliphatic rings. The Morgan fingerprint density at radius 3 is 2.40 bits per heavy atom. The summed E-state index contributed by atoms with van der Waals surface area (Å²) in [7, 11) is 0. The number of para-hydroxylation sites is 2. The molecule has 0 atom stereocenters. The molecular formula is C19H17ClN2O3. The van der Waals surface area contributed by atoms with E-state index in [0.717, 1.165) is 5.69 Å². The first-order valence-electron chi connectivity index (χ1n) is 7.78. The molecule has 0 saturated carbocycles. The summed E-state index contributed by atoms with van der Waals surface area (Å²) in [6.07, 6.45) is 0. The summed E-state index contributed by atoms with van der Waals surface area (Å²) < 4.78 is 12.2. The van der Waals surface area contributed by atoms with Gasteiger partial charge in [-0.25, -0.2) is 9.48 Å². The maximum Gasteiger partial charge on any atom is 0.344 e. The number of hydrogen-bond donors (Lipinski definition) is 0. The van der Waals surface area contributed by atoms with Crippen LogP contribution in [0.3, 0.4) is 0 Å². The fourth-order valence-electron chi connectivity index (χ4n) is 2.29. The summed E-state index contributed by atoms with van der Waals surface area (Å²) in [6, 6.07) is 18.6. The topological polar surface area (TPSA) is 53.4 Å². The number of carbonyl (C=O) groups excluding carboxylic acids is 1. The minimum Gasteiger partial charge on any atom is -0.482 e. The Labute approximate surface area is 150 Å². The van der Waals surface area contributed by atoms with Crippen molar-refractivity contribution in [3.8, 4) is 11.4 Å². The molecule has 6 heteroatoms. The van der Waals surface area contributed by atoms with Gasteiger partial charge in [-0.1, -0.05) is 48.0 Å². The van der Waals surface area contributed by atoms with Gasteiger partial charge in [0.1, 0.15) is 17.5 Å². The number of hydrogen-bond acceptors (Lipinski definition) is 4. The lowest BCUT2D eigenvalue weighted by molar-refractivity contribution is -0.147. The number of nitrogens with zero attached hydrogens (tertiary/aromatic N) is 2. The monoisotopic (exact) mass is 356 g/mol. The van der Waals surface area contributed by atoms with Gasteiger partial charge in [-0.05, 0) is 31.2 Å². The number of ether oxygens (including phenoxy) is 2. The molecule has 0 radical (unpaired) electrons. The van der Waals surface area contributed by atoms with Gasteiger partial charge in [0.05, 0.1) is 11.4 Å². The molecule has 25 heavy (non-hydrogen) atoms. The van der Waals surface area contributed by atoms with E-state index in [9.17, 15) is 4.79 Å². The first-order chi connectivity index (χ1) is 12.1. The second-order valence-electron chi connectivity index (χ2n) is 5.36.